The molecule has 0 amide bonds. The standard InChI is InChI=1S/C18H28N2O3.2ClH/c1-5-6-7-15(20-10-8-19-9-11-20)14-12-17(22-3)18(23-4)13-16(14)21-2;;/h5,12-13,15,19H,1,6-11H2,2-4H3;2*1H/t15-;;/m0../s1. The van der Waals surface area contributed by atoms with Gasteiger partial charge in [-0.05, 0) is 18.9 Å². The van der Waals surface area contributed by atoms with E-state index in [0.29, 0.717) is 5.75 Å². The third kappa shape index (κ3) is 5.96. The highest BCUT2D eigenvalue weighted by Gasteiger charge is 2.26. The van der Waals surface area contributed by atoms with Gasteiger partial charge in [0.15, 0.2) is 11.5 Å². The van der Waals surface area contributed by atoms with E-state index in [0.717, 1.165) is 56.1 Å². The minimum atomic E-state index is 0. The van der Waals surface area contributed by atoms with Crippen molar-refractivity contribution in [3.8, 4) is 17.2 Å². The van der Waals surface area contributed by atoms with E-state index in [1.165, 1.54) is 0 Å². The molecule has 1 aromatic rings. The molecule has 0 saturated carbocycles. The average molecular weight is 393 g/mol. The van der Waals surface area contributed by atoms with Crippen molar-refractivity contribution in [2.24, 2.45) is 0 Å². The van der Waals surface area contributed by atoms with Crippen LogP contribution in [0.5, 0.6) is 17.2 Å². The lowest BCUT2D eigenvalue weighted by atomic mass is 9.97. The number of halogens is 2. The van der Waals surface area contributed by atoms with Gasteiger partial charge in [0, 0.05) is 43.9 Å². The van der Waals surface area contributed by atoms with E-state index >= 15 is 0 Å². The summed E-state index contributed by atoms with van der Waals surface area (Å²) in [6.07, 6.45) is 3.95. The number of rotatable bonds is 8. The number of allylic oxidation sites excluding steroid dienone is 1. The first-order valence-electron chi connectivity index (χ1n) is 8.10. The first-order valence-corrected chi connectivity index (χ1v) is 8.10. The lowest BCUT2D eigenvalue weighted by molar-refractivity contribution is 0.163. The summed E-state index contributed by atoms with van der Waals surface area (Å²) >= 11 is 0. The molecule has 1 aliphatic heterocycles. The molecule has 0 unspecified atom stereocenters. The van der Waals surface area contributed by atoms with Gasteiger partial charge in [-0.1, -0.05) is 6.08 Å². The number of benzene rings is 1. The number of nitrogens with one attached hydrogen (secondary N) is 1. The van der Waals surface area contributed by atoms with Gasteiger partial charge in [-0.3, -0.25) is 4.90 Å². The van der Waals surface area contributed by atoms with Crippen LogP contribution in [-0.2, 0) is 0 Å². The molecule has 25 heavy (non-hydrogen) atoms. The van der Waals surface area contributed by atoms with Crippen LogP contribution in [0.4, 0.5) is 0 Å². The fourth-order valence-corrected chi connectivity index (χ4v) is 3.12. The Bertz CT molecular complexity index is 523. The Morgan fingerprint density at radius 1 is 1.04 bits per heavy atom. The topological polar surface area (TPSA) is 43.0 Å². The van der Waals surface area contributed by atoms with Gasteiger partial charge < -0.3 is 19.5 Å². The molecule has 5 nitrogen and oxygen atoms in total. The lowest BCUT2D eigenvalue weighted by Crippen LogP contribution is -2.45. The number of piperazine rings is 1. The summed E-state index contributed by atoms with van der Waals surface area (Å²) in [5, 5.41) is 3.41. The molecule has 0 aliphatic carbocycles. The van der Waals surface area contributed by atoms with Crippen molar-refractivity contribution in [3.05, 3.63) is 30.4 Å². The Kier molecular flexibility index (Phi) is 11.7. The summed E-state index contributed by atoms with van der Waals surface area (Å²) in [6, 6.07) is 4.25. The van der Waals surface area contributed by atoms with Crippen molar-refractivity contribution < 1.29 is 14.2 Å². The zero-order valence-electron chi connectivity index (χ0n) is 15.2. The normalized spacial score (nSPS) is 15.3. The minimum Gasteiger partial charge on any atom is -0.496 e. The van der Waals surface area contributed by atoms with Crippen LogP contribution in [0.3, 0.4) is 0 Å². The van der Waals surface area contributed by atoms with Gasteiger partial charge in [0.05, 0.1) is 21.3 Å². The van der Waals surface area contributed by atoms with Crippen molar-refractivity contribution in [1.82, 2.24) is 10.2 Å². The Labute approximate surface area is 163 Å². The number of hydrogen-bond donors (Lipinski definition) is 1. The smallest absolute Gasteiger partial charge is 0.164 e. The van der Waals surface area contributed by atoms with Gasteiger partial charge in [-0.2, -0.15) is 0 Å². The van der Waals surface area contributed by atoms with E-state index in [1.54, 1.807) is 21.3 Å². The molecule has 1 N–H and O–H groups in total. The molecular weight excluding hydrogens is 363 g/mol. The predicted molar refractivity (Wildman–Crippen MR) is 107 cm³/mol. The quantitative estimate of drug-likeness (QED) is 0.686. The Morgan fingerprint density at radius 3 is 2.12 bits per heavy atom. The molecule has 0 aromatic heterocycles. The second kappa shape index (κ2) is 12.3. The summed E-state index contributed by atoms with van der Waals surface area (Å²) in [6.45, 7) is 7.95. The van der Waals surface area contributed by atoms with E-state index in [2.05, 4.69) is 16.8 Å². The van der Waals surface area contributed by atoms with Crippen LogP contribution in [0.15, 0.2) is 24.8 Å². The molecule has 1 heterocycles. The molecule has 144 valence electrons. The Hall–Kier alpha value is -1.14. The van der Waals surface area contributed by atoms with E-state index in [-0.39, 0.29) is 30.9 Å². The largest absolute Gasteiger partial charge is 0.496 e. The Balaban J connectivity index is 0.00000288. The average Bonchev–Trinajstić information content (AvgIpc) is 2.62. The van der Waals surface area contributed by atoms with Gasteiger partial charge in [-0.15, -0.1) is 31.4 Å². The maximum absolute atomic E-state index is 5.64. The fraction of sp³-hybridized carbons (Fsp3) is 0.556. The highest BCUT2D eigenvalue weighted by atomic mass is 35.5. The highest BCUT2D eigenvalue weighted by Crippen LogP contribution is 2.40. The second-order valence-electron chi connectivity index (χ2n) is 5.62. The van der Waals surface area contributed by atoms with Gasteiger partial charge in [-0.25, -0.2) is 0 Å². The summed E-state index contributed by atoms with van der Waals surface area (Å²) in [4.78, 5) is 2.50. The van der Waals surface area contributed by atoms with Crippen molar-refractivity contribution in [3.63, 3.8) is 0 Å². The first kappa shape index (κ1) is 23.9. The van der Waals surface area contributed by atoms with Crippen molar-refractivity contribution in [2.45, 2.75) is 18.9 Å². The van der Waals surface area contributed by atoms with E-state index in [9.17, 15) is 0 Å². The highest BCUT2D eigenvalue weighted by molar-refractivity contribution is 5.85. The van der Waals surface area contributed by atoms with Crippen LogP contribution in [0, 0.1) is 0 Å². The lowest BCUT2D eigenvalue weighted by Gasteiger charge is -2.36. The van der Waals surface area contributed by atoms with Crippen LogP contribution < -0.4 is 19.5 Å². The SMILES string of the molecule is C=CCC[C@@H](c1cc(OC)c(OC)cc1OC)N1CCNCC1.Cl.Cl. The third-order valence-corrected chi connectivity index (χ3v) is 4.33. The molecule has 1 saturated heterocycles. The number of methoxy groups -OCH3 is 3. The maximum Gasteiger partial charge on any atom is 0.164 e. The predicted octanol–water partition coefficient (Wildman–Crippen LogP) is 3.47. The molecule has 0 radical (unpaired) electrons. The molecule has 1 aromatic carbocycles. The van der Waals surface area contributed by atoms with Crippen LogP contribution >= 0.6 is 24.8 Å². The molecule has 0 bridgehead atoms. The molecule has 1 aliphatic rings. The molecule has 2 rings (SSSR count). The van der Waals surface area contributed by atoms with Crippen LogP contribution in [0.1, 0.15) is 24.4 Å². The minimum absolute atomic E-state index is 0. The summed E-state index contributed by atoms with van der Waals surface area (Å²) < 4.78 is 16.5. The van der Waals surface area contributed by atoms with Crippen LogP contribution in [0.25, 0.3) is 0 Å². The van der Waals surface area contributed by atoms with E-state index in [1.807, 2.05) is 18.2 Å². The molecule has 1 atom stereocenters. The molecule has 1 fully saturated rings. The van der Waals surface area contributed by atoms with Gasteiger partial charge >= 0.3 is 0 Å². The Morgan fingerprint density at radius 2 is 1.60 bits per heavy atom. The third-order valence-electron chi connectivity index (χ3n) is 4.33. The van der Waals surface area contributed by atoms with E-state index in [4.69, 9.17) is 14.2 Å². The fourth-order valence-electron chi connectivity index (χ4n) is 3.12. The van der Waals surface area contributed by atoms with Crippen molar-refractivity contribution in [1.29, 1.82) is 0 Å². The maximum atomic E-state index is 5.64. The summed E-state index contributed by atoms with van der Waals surface area (Å²) in [5.41, 5.74) is 1.15. The molecular formula is C18H30Cl2N2O3. The van der Waals surface area contributed by atoms with Crippen LogP contribution in [0.2, 0.25) is 0 Å². The number of hydrogen-bond acceptors (Lipinski definition) is 5. The van der Waals surface area contributed by atoms with Crippen molar-refractivity contribution >= 4 is 24.8 Å². The zero-order chi connectivity index (χ0) is 16.7. The zero-order valence-corrected chi connectivity index (χ0v) is 16.9. The van der Waals surface area contributed by atoms with Crippen LogP contribution in [-0.4, -0.2) is 52.4 Å². The van der Waals surface area contributed by atoms with E-state index < -0.39 is 0 Å². The van der Waals surface area contributed by atoms with Gasteiger partial charge in [0.25, 0.3) is 0 Å². The van der Waals surface area contributed by atoms with Gasteiger partial charge in [0.2, 0.25) is 0 Å². The first-order chi connectivity index (χ1) is 11.2. The second-order valence-corrected chi connectivity index (χ2v) is 5.62. The number of ether oxygens (including phenoxy) is 3. The monoisotopic (exact) mass is 392 g/mol. The summed E-state index contributed by atoms with van der Waals surface area (Å²) in [5.74, 6) is 2.27. The molecule has 7 heteroatoms. The number of nitrogens with zero attached hydrogens (tertiary/aromatic N) is 1. The van der Waals surface area contributed by atoms with Crippen molar-refractivity contribution in [2.75, 3.05) is 47.5 Å². The molecule has 0 spiro atoms. The van der Waals surface area contributed by atoms with Gasteiger partial charge in [0.1, 0.15) is 5.75 Å². The summed E-state index contributed by atoms with van der Waals surface area (Å²) in [7, 11) is 5.01.